The summed E-state index contributed by atoms with van der Waals surface area (Å²) in [6.45, 7) is 0.0557. The van der Waals surface area contributed by atoms with Crippen LogP contribution in [0.1, 0.15) is 15.9 Å². The molecule has 0 unspecified atom stereocenters. The van der Waals surface area contributed by atoms with Crippen LogP contribution in [0, 0.1) is 20.2 Å². The number of methoxy groups -OCH3 is 1. The van der Waals surface area contributed by atoms with Gasteiger partial charge in [-0.25, -0.2) is 4.98 Å². The van der Waals surface area contributed by atoms with Crippen LogP contribution in [0.15, 0.2) is 60.9 Å². The zero-order valence-electron chi connectivity index (χ0n) is 17.1. The maximum atomic E-state index is 13.5. The topological polar surface area (TPSA) is 142 Å². The van der Waals surface area contributed by atoms with E-state index < -0.39 is 27.1 Å². The lowest BCUT2D eigenvalue weighted by molar-refractivity contribution is -0.394. The quantitative estimate of drug-likeness (QED) is 0.289. The molecule has 0 atom stereocenters. The largest absolute Gasteiger partial charge is 0.497 e. The predicted molar refractivity (Wildman–Crippen MR) is 121 cm³/mol. The van der Waals surface area contributed by atoms with Gasteiger partial charge >= 0.3 is 0 Å². The molecule has 11 nitrogen and oxygen atoms in total. The summed E-state index contributed by atoms with van der Waals surface area (Å²) in [4.78, 5) is 44.4. The molecule has 4 rings (SSSR count). The van der Waals surface area contributed by atoms with Crippen molar-refractivity contribution in [2.75, 3.05) is 12.0 Å². The van der Waals surface area contributed by atoms with Crippen LogP contribution in [-0.4, -0.2) is 32.8 Å². The standard InChI is InChI=1S/C21H15N5O6S/c1-32-17-4-5-19-18(10-17)23-21(33-19)24(12-13-3-2-6-22-11-13)20(27)14-7-15(25(28)29)9-16(8-14)26(30)31/h2-11H,12H2,1H3. The van der Waals surface area contributed by atoms with Gasteiger partial charge in [0.2, 0.25) is 0 Å². The number of nitrogens with zero attached hydrogens (tertiary/aromatic N) is 5. The van der Waals surface area contributed by atoms with Crippen molar-refractivity contribution in [3.05, 3.63) is 92.3 Å². The highest BCUT2D eigenvalue weighted by Gasteiger charge is 2.26. The molecule has 0 N–H and O–H groups in total. The van der Waals surface area contributed by atoms with Gasteiger partial charge in [0, 0.05) is 30.6 Å². The Morgan fingerprint density at radius 2 is 1.82 bits per heavy atom. The molecular weight excluding hydrogens is 450 g/mol. The van der Waals surface area contributed by atoms with Crippen LogP contribution < -0.4 is 9.64 Å². The lowest BCUT2D eigenvalue weighted by Gasteiger charge is -2.20. The number of ether oxygens (including phenoxy) is 1. The normalized spacial score (nSPS) is 10.7. The Hall–Kier alpha value is -4.45. The van der Waals surface area contributed by atoms with Crippen molar-refractivity contribution in [1.82, 2.24) is 9.97 Å². The van der Waals surface area contributed by atoms with Crippen molar-refractivity contribution >= 4 is 44.0 Å². The average Bonchev–Trinajstić information content (AvgIpc) is 3.25. The Bertz CT molecular complexity index is 1340. The third-order valence-electron chi connectivity index (χ3n) is 4.69. The maximum absolute atomic E-state index is 13.5. The van der Waals surface area contributed by atoms with Gasteiger partial charge in [-0.3, -0.25) is 34.9 Å². The van der Waals surface area contributed by atoms with Crippen molar-refractivity contribution in [1.29, 1.82) is 0 Å². The highest BCUT2D eigenvalue weighted by atomic mass is 32.1. The van der Waals surface area contributed by atoms with E-state index in [-0.39, 0.29) is 12.1 Å². The Morgan fingerprint density at radius 1 is 1.09 bits per heavy atom. The van der Waals surface area contributed by atoms with Crippen molar-refractivity contribution in [2.45, 2.75) is 6.54 Å². The lowest BCUT2D eigenvalue weighted by Crippen LogP contribution is -2.30. The van der Waals surface area contributed by atoms with Gasteiger partial charge in [0.15, 0.2) is 5.13 Å². The van der Waals surface area contributed by atoms with Gasteiger partial charge in [-0.15, -0.1) is 0 Å². The highest BCUT2D eigenvalue weighted by molar-refractivity contribution is 7.22. The molecule has 0 bridgehead atoms. The van der Waals surface area contributed by atoms with E-state index in [1.54, 1.807) is 42.7 Å². The molecule has 2 aromatic carbocycles. The second-order valence-electron chi connectivity index (χ2n) is 6.83. The minimum atomic E-state index is -0.779. The number of benzene rings is 2. The Kier molecular flexibility index (Phi) is 5.91. The van der Waals surface area contributed by atoms with Gasteiger partial charge in [-0.1, -0.05) is 17.4 Å². The number of fused-ring (bicyclic) bond motifs is 1. The molecule has 0 saturated heterocycles. The molecule has 166 valence electrons. The number of anilines is 1. The number of thiazole rings is 1. The van der Waals surface area contributed by atoms with Crippen LogP contribution in [0.2, 0.25) is 0 Å². The first kappa shape index (κ1) is 21.8. The van der Waals surface area contributed by atoms with Gasteiger partial charge < -0.3 is 4.74 Å². The number of aromatic nitrogens is 2. The van der Waals surface area contributed by atoms with Gasteiger partial charge in [0.1, 0.15) is 5.75 Å². The van der Waals surface area contributed by atoms with Crippen molar-refractivity contribution in [3.63, 3.8) is 0 Å². The molecule has 0 fully saturated rings. The summed E-state index contributed by atoms with van der Waals surface area (Å²) < 4.78 is 6.02. The van der Waals surface area contributed by atoms with Crippen LogP contribution in [0.3, 0.4) is 0 Å². The SMILES string of the molecule is COc1ccc2sc(N(Cc3cccnc3)C(=O)c3cc([N+](=O)[O-])cc([N+](=O)[O-])c3)nc2c1. The lowest BCUT2D eigenvalue weighted by atomic mass is 10.1. The number of rotatable bonds is 7. The van der Waals surface area contributed by atoms with Crippen LogP contribution >= 0.6 is 11.3 Å². The fourth-order valence-corrected chi connectivity index (χ4v) is 4.07. The predicted octanol–water partition coefficient (Wildman–Crippen LogP) is 4.36. The molecule has 4 aromatic rings. The average molecular weight is 465 g/mol. The fourth-order valence-electron chi connectivity index (χ4n) is 3.12. The van der Waals surface area contributed by atoms with Gasteiger partial charge in [-0.05, 0) is 23.8 Å². The zero-order valence-corrected chi connectivity index (χ0v) is 17.9. The number of carbonyl (C=O) groups is 1. The van der Waals surface area contributed by atoms with Crippen LogP contribution in [0.4, 0.5) is 16.5 Å². The summed E-state index contributed by atoms with van der Waals surface area (Å²) in [6, 6.07) is 11.6. The fraction of sp³-hybridized carbons (Fsp3) is 0.0952. The van der Waals surface area contributed by atoms with E-state index in [0.717, 1.165) is 22.9 Å². The molecule has 12 heteroatoms. The monoisotopic (exact) mass is 465 g/mol. The molecule has 0 saturated carbocycles. The number of carbonyl (C=O) groups excluding carboxylic acids is 1. The van der Waals surface area contributed by atoms with E-state index in [1.165, 1.54) is 23.3 Å². The summed E-state index contributed by atoms with van der Waals surface area (Å²) in [5.74, 6) is -0.0736. The summed E-state index contributed by atoms with van der Waals surface area (Å²) in [5.41, 5.74) is -0.0200. The minimum Gasteiger partial charge on any atom is -0.497 e. The number of nitro groups is 2. The summed E-state index contributed by atoms with van der Waals surface area (Å²) in [7, 11) is 1.53. The molecule has 0 aliphatic rings. The molecule has 33 heavy (non-hydrogen) atoms. The first-order chi connectivity index (χ1) is 15.9. The van der Waals surface area contributed by atoms with Crippen molar-refractivity contribution < 1.29 is 19.4 Å². The number of non-ortho nitro benzene ring substituents is 2. The van der Waals surface area contributed by atoms with E-state index in [2.05, 4.69) is 9.97 Å². The number of amides is 1. The van der Waals surface area contributed by atoms with Crippen molar-refractivity contribution in [2.24, 2.45) is 0 Å². The molecular formula is C21H15N5O6S. The summed E-state index contributed by atoms with van der Waals surface area (Å²) in [5, 5.41) is 22.9. The molecule has 0 aliphatic carbocycles. The Labute approximate surface area is 190 Å². The summed E-state index contributed by atoms with van der Waals surface area (Å²) >= 11 is 1.24. The minimum absolute atomic E-state index is 0.0557. The second kappa shape index (κ2) is 8.96. The van der Waals surface area contributed by atoms with E-state index in [4.69, 9.17) is 4.74 Å². The third kappa shape index (κ3) is 4.60. The smallest absolute Gasteiger partial charge is 0.277 e. The molecule has 0 spiro atoms. The van der Waals surface area contributed by atoms with E-state index in [0.29, 0.717) is 22.0 Å². The molecule has 1 amide bonds. The van der Waals surface area contributed by atoms with Gasteiger partial charge in [-0.2, -0.15) is 0 Å². The van der Waals surface area contributed by atoms with Crippen LogP contribution in [0.5, 0.6) is 5.75 Å². The maximum Gasteiger partial charge on any atom is 0.277 e. The second-order valence-corrected chi connectivity index (χ2v) is 7.84. The number of pyridine rings is 1. The zero-order chi connectivity index (χ0) is 23.5. The number of hydrogen-bond acceptors (Lipinski definition) is 9. The molecule has 2 aromatic heterocycles. The highest BCUT2D eigenvalue weighted by Crippen LogP contribution is 2.33. The van der Waals surface area contributed by atoms with Crippen molar-refractivity contribution in [3.8, 4) is 5.75 Å². The molecule has 0 radical (unpaired) electrons. The molecule has 2 heterocycles. The molecule has 0 aliphatic heterocycles. The summed E-state index contributed by atoms with van der Waals surface area (Å²) in [6.07, 6.45) is 3.16. The first-order valence-corrected chi connectivity index (χ1v) is 10.3. The first-order valence-electron chi connectivity index (χ1n) is 9.45. The van der Waals surface area contributed by atoms with Gasteiger partial charge in [0.25, 0.3) is 17.3 Å². The Balaban J connectivity index is 1.82. The number of hydrogen-bond donors (Lipinski definition) is 0. The van der Waals surface area contributed by atoms with E-state index >= 15 is 0 Å². The van der Waals surface area contributed by atoms with Crippen LogP contribution in [-0.2, 0) is 6.54 Å². The number of nitro benzene ring substituents is 2. The van der Waals surface area contributed by atoms with E-state index in [1.807, 2.05) is 0 Å². The van der Waals surface area contributed by atoms with Gasteiger partial charge in [0.05, 0.1) is 45.3 Å². The Morgan fingerprint density at radius 3 is 2.42 bits per heavy atom. The van der Waals surface area contributed by atoms with Crippen LogP contribution in [0.25, 0.3) is 10.2 Å². The third-order valence-corrected chi connectivity index (χ3v) is 5.75. The van der Waals surface area contributed by atoms with E-state index in [9.17, 15) is 25.0 Å².